The lowest BCUT2D eigenvalue weighted by Crippen LogP contribution is -2.04. The number of halogens is 1. The van der Waals surface area contributed by atoms with Crippen LogP contribution in [-0.4, -0.2) is 9.55 Å². The molecular weight excluding hydrogens is 229 g/mol. The molecule has 2 rings (SSSR count). The van der Waals surface area contributed by atoms with Gasteiger partial charge in [0.05, 0.1) is 6.33 Å². The number of rotatable bonds is 5. The minimum absolute atomic E-state index is 0.204. The average Bonchev–Trinajstić information content (AvgIpc) is 2.89. The molecule has 1 unspecified atom stereocenters. The van der Waals surface area contributed by atoms with Crippen LogP contribution < -0.4 is 5.73 Å². The summed E-state index contributed by atoms with van der Waals surface area (Å²) < 4.78 is 15.7. The monoisotopic (exact) mass is 247 g/mol. The second kappa shape index (κ2) is 5.78. The van der Waals surface area contributed by atoms with Crippen LogP contribution >= 0.6 is 0 Å². The lowest BCUT2D eigenvalue weighted by Gasteiger charge is -2.13. The summed E-state index contributed by atoms with van der Waals surface area (Å²) >= 11 is 0. The summed E-state index contributed by atoms with van der Waals surface area (Å²) in [6.45, 7) is 3.24. The number of hydrogen-bond acceptors (Lipinski definition) is 2. The molecule has 2 aromatic rings. The molecular formula is C14H18FN3. The molecule has 0 amide bonds. The first-order valence-electron chi connectivity index (χ1n) is 6.15. The molecule has 0 radical (unpaired) electrons. The number of nitrogens with two attached hydrogens (primary N) is 1. The minimum atomic E-state index is -0.204. The molecule has 96 valence electrons. The zero-order valence-electron chi connectivity index (χ0n) is 10.5. The van der Waals surface area contributed by atoms with Gasteiger partial charge in [0.25, 0.3) is 0 Å². The van der Waals surface area contributed by atoms with Gasteiger partial charge in [0.15, 0.2) is 0 Å². The fraction of sp³-hybridized carbons (Fsp3) is 0.357. The Balaban J connectivity index is 2.00. The van der Waals surface area contributed by atoms with Crippen molar-refractivity contribution in [1.82, 2.24) is 9.55 Å². The summed E-state index contributed by atoms with van der Waals surface area (Å²) in [4.78, 5) is 4.00. The van der Waals surface area contributed by atoms with E-state index < -0.39 is 0 Å². The summed E-state index contributed by atoms with van der Waals surface area (Å²) in [5.41, 5.74) is 7.04. The van der Waals surface area contributed by atoms with E-state index in [4.69, 9.17) is 5.73 Å². The number of nitrogens with zero attached hydrogens (tertiary/aromatic N) is 2. The van der Waals surface area contributed by atoms with E-state index >= 15 is 0 Å². The van der Waals surface area contributed by atoms with Crippen molar-refractivity contribution < 1.29 is 4.39 Å². The topological polar surface area (TPSA) is 43.8 Å². The third-order valence-electron chi connectivity index (χ3n) is 3.25. The standard InChI is InChI=1S/C14H18FN3/c1-11(4-6-18-7-5-17-10-18)12-2-3-13(9-16)14(15)8-12/h2-3,5,7-8,10-11H,4,6,9,16H2,1H3. The minimum Gasteiger partial charge on any atom is -0.337 e. The average molecular weight is 247 g/mol. The van der Waals surface area contributed by atoms with Crippen LogP contribution in [0.1, 0.15) is 30.4 Å². The summed E-state index contributed by atoms with van der Waals surface area (Å²) in [6, 6.07) is 5.34. The summed E-state index contributed by atoms with van der Waals surface area (Å²) in [5.74, 6) is 0.109. The summed E-state index contributed by atoms with van der Waals surface area (Å²) in [6.07, 6.45) is 6.45. The van der Waals surface area contributed by atoms with E-state index in [9.17, 15) is 4.39 Å². The Hall–Kier alpha value is -1.68. The van der Waals surface area contributed by atoms with Crippen LogP contribution in [0.15, 0.2) is 36.9 Å². The molecule has 0 aliphatic heterocycles. The molecule has 18 heavy (non-hydrogen) atoms. The van der Waals surface area contributed by atoms with E-state index in [1.54, 1.807) is 24.7 Å². The molecule has 1 atom stereocenters. The van der Waals surface area contributed by atoms with Crippen LogP contribution in [0.25, 0.3) is 0 Å². The third-order valence-corrected chi connectivity index (χ3v) is 3.25. The fourth-order valence-electron chi connectivity index (χ4n) is 1.96. The Morgan fingerprint density at radius 3 is 2.89 bits per heavy atom. The maximum absolute atomic E-state index is 13.6. The predicted molar refractivity (Wildman–Crippen MR) is 69.6 cm³/mol. The van der Waals surface area contributed by atoms with Crippen molar-refractivity contribution in [2.45, 2.75) is 32.4 Å². The largest absolute Gasteiger partial charge is 0.337 e. The van der Waals surface area contributed by atoms with Gasteiger partial charge in [0.2, 0.25) is 0 Å². The Labute approximate surface area is 106 Å². The molecule has 0 bridgehead atoms. The lowest BCUT2D eigenvalue weighted by atomic mass is 9.96. The van der Waals surface area contributed by atoms with Crippen molar-refractivity contribution in [3.63, 3.8) is 0 Å². The Morgan fingerprint density at radius 2 is 2.28 bits per heavy atom. The number of aromatic nitrogens is 2. The zero-order chi connectivity index (χ0) is 13.0. The highest BCUT2D eigenvalue weighted by Crippen LogP contribution is 2.22. The SMILES string of the molecule is CC(CCn1ccnc1)c1ccc(CN)c(F)c1. The van der Waals surface area contributed by atoms with E-state index in [0.717, 1.165) is 18.5 Å². The number of imidazole rings is 1. The van der Waals surface area contributed by atoms with E-state index in [-0.39, 0.29) is 12.4 Å². The van der Waals surface area contributed by atoms with Crippen molar-refractivity contribution in [3.8, 4) is 0 Å². The van der Waals surface area contributed by atoms with Gasteiger partial charge in [-0.3, -0.25) is 0 Å². The first-order valence-corrected chi connectivity index (χ1v) is 6.15. The van der Waals surface area contributed by atoms with E-state index in [1.807, 2.05) is 16.8 Å². The van der Waals surface area contributed by atoms with Gasteiger partial charge in [0, 0.05) is 31.0 Å². The zero-order valence-corrected chi connectivity index (χ0v) is 10.5. The van der Waals surface area contributed by atoms with Crippen LogP contribution in [0.3, 0.4) is 0 Å². The van der Waals surface area contributed by atoms with Gasteiger partial charge in [-0.2, -0.15) is 0 Å². The molecule has 3 nitrogen and oxygen atoms in total. The second-order valence-electron chi connectivity index (χ2n) is 4.55. The van der Waals surface area contributed by atoms with Crippen LogP contribution in [0.5, 0.6) is 0 Å². The van der Waals surface area contributed by atoms with Crippen molar-refractivity contribution in [3.05, 3.63) is 53.9 Å². The molecule has 1 aromatic heterocycles. The molecule has 0 spiro atoms. The highest BCUT2D eigenvalue weighted by atomic mass is 19.1. The summed E-state index contributed by atoms with van der Waals surface area (Å²) in [7, 11) is 0. The molecule has 0 saturated carbocycles. The lowest BCUT2D eigenvalue weighted by molar-refractivity contribution is 0.566. The van der Waals surface area contributed by atoms with Crippen molar-refractivity contribution in [2.75, 3.05) is 0 Å². The highest BCUT2D eigenvalue weighted by Gasteiger charge is 2.08. The number of aryl methyl sites for hydroxylation is 1. The smallest absolute Gasteiger partial charge is 0.127 e. The van der Waals surface area contributed by atoms with Crippen molar-refractivity contribution in [2.24, 2.45) is 5.73 Å². The first kappa shape index (κ1) is 12.8. The predicted octanol–water partition coefficient (Wildman–Crippen LogP) is 2.67. The van der Waals surface area contributed by atoms with Crippen molar-refractivity contribution in [1.29, 1.82) is 0 Å². The van der Waals surface area contributed by atoms with Gasteiger partial charge in [-0.25, -0.2) is 9.37 Å². The molecule has 0 aliphatic rings. The second-order valence-corrected chi connectivity index (χ2v) is 4.55. The van der Waals surface area contributed by atoms with Gasteiger partial charge in [0.1, 0.15) is 5.82 Å². The molecule has 0 aliphatic carbocycles. The fourth-order valence-corrected chi connectivity index (χ4v) is 1.96. The third kappa shape index (κ3) is 2.96. The molecule has 0 fully saturated rings. The molecule has 1 aromatic carbocycles. The van der Waals surface area contributed by atoms with Crippen LogP contribution in [0.2, 0.25) is 0 Å². The molecule has 2 N–H and O–H groups in total. The maximum atomic E-state index is 13.6. The van der Waals surface area contributed by atoms with Gasteiger partial charge >= 0.3 is 0 Å². The van der Waals surface area contributed by atoms with E-state index in [1.165, 1.54) is 0 Å². The van der Waals surface area contributed by atoms with Crippen LogP contribution in [-0.2, 0) is 13.1 Å². The normalized spacial score (nSPS) is 12.6. The maximum Gasteiger partial charge on any atom is 0.127 e. The highest BCUT2D eigenvalue weighted by molar-refractivity contribution is 5.26. The van der Waals surface area contributed by atoms with Gasteiger partial charge in [-0.15, -0.1) is 0 Å². The Kier molecular flexibility index (Phi) is 4.10. The molecule has 1 heterocycles. The molecule has 0 saturated heterocycles. The van der Waals surface area contributed by atoms with Crippen molar-refractivity contribution >= 4 is 0 Å². The quantitative estimate of drug-likeness (QED) is 0.882. The first-order chi connectivity index (χ1) is 8.70. The van der Waals surface area contributed by atoms with Gasteiger partial charge in [-0.05, 0) is 24.0 Å². The van der Waals surface area contributed by atoms with Crippen LogP contribution in [0, 0.1) is 5.82 Å². The van der Waals surface area contributed by atoms with Gasteiger partial charge < -0.3 is 10.3 Å². The van der Waals surface area contributed by atoms with E-state index in [2.05, 4.69) is 11.9 Å². The molecule has 4 heteroatoms. The Bertz CT molecular complexity index is 494. The number of hydrogen-bond donors (Lipinski definition) is 1. The van der Waals surface area contributed by atoms with Crippen LogP contribution in [0.4, 0.5) is 4.39 Å². The van der Waals surface area contributed by atoms with E-state index in [0.29, 0.717) is 11.5 Å². The van der Waals surface area contributed by atoms with Gasteiger partial charge in [-0.1, -0.05) is 19.1 Å². The Morgan fingerprint density at radius 1 is 1.44 bits per heavy atom. The number of benzene rings is 1. The summed E-state index contributed by atoms with van der Waals surface area (Å²) in [5, 5.41) is 0.